The minimum atomic E-state index is -4.55. The minimum absolute atomic E-state index is 0.0649. The number of hydrogen-bond acceptors (Lipinski definition) is 3. The number of rotatable bonds is 4. The Morgan fingerprint density at radius 2 is 1.71 bits per heavy atom. The molecule has 1 aromatic heterocycles. The monoisotopic (exact) mass is 451 g/mol. The van der Waals surface area contributed by atoms with Gasteiger partial charge in [0, 0.05) is 19.6 Å². The Bertz CT molecular complexity index is 1210. The first-order chi connectivity index (χ1) is 14.6. The summed E-state index contributed by atoms with van der Waals surface area (Å²) in [5.41, 5.74) is 2.68. The van der Waals surface area contributed by atoms with Crippen LogP contribution in [0.1, 0.15) is 29.8 Å². The van der Waals surface area contributed by atoms with Crippen molar-refractivity contribution in [2.75, 3.05) is 13.1 Å². The van der Waals surface area contributed by atoms with Crippen LogP contribution in [0.25, 0.3) is 11.0 Å². The molecule has 0 spiro atoms. The van der Waals surface area contributed by atoms with Gasteiger partial charge in [0.1, 0.15) is 0 Å². The van der Waals surface area contributed by atoms with E-state index in [1.807, 2.05) is 13.8 Å². The van der Waals surface area contributed by atoms with Gasteiger partial charge in [-0.3, -0.25) is 0 Å². The highest BCUT2D eigenvalue weighted by molar-refractivity contribution is 7.89. The lowest BCUT2D eigenvalue weighted by atomic mass is 9.98. The molecule has 0 aliphatic carbocycles. The molecule has 3 aromatic rings. The van der Waals surface area contributed by atoms with Crippen molar-refractivity contribution in [3.8, 4) is 0 Å². The lowest BCUT2D eigenvalue weighted by molar-refractivity contribution is -0.147. The molecular weight excluding hydrogens is 427 g/mol. The highest BCUT2D eigenvalue weighted by Crippen LogP contribution is 2.33. The second-order valence-electron chi connectivity index (χ2n) is 8.13. The van der Waals surface area contributed by atoms with Gasteiger partial charge in [0.15, 0.2) is 0 Å². The van der Waals surface area contributed by atoms with Crippen LogP contribution in [-0.2, 0) is 22.7 Å². The van der Waals surface area contributed by atoms with E-state index in [4.69, 9.17) is 0 Å². The maximum Gasteiger partial charge on any atom is 0.449 e. The van der Waals surface area contributed by atoms with E-state index in [1.165, 1.54) is 8.87 Å². The first-order valence-corrected chi connectivity index (χ1v) is 11.6. The number of aryl methyl sites for hydroxylation is 2. The van der Waals surface area contributed by atoms with Crippen LogP contribution in [-0.4, -0.2) is 35.4 Å². The number of nitrogens with zero attached hydrogens (tertiary/aromatic N) is 3. The first kappa shape index (κ1) is 21.8. The van der Waals surface area contributed by atoms with Crippen LogP contribution in [0.15, 0.2) is 47.4 Å². The van der Waals surface area contributed by atoms with E-state index in [2.05, 4.69) is 4.98 Å². The fourth-order valence-corrected chi connectivity index (χ4v) is 5.65. The smallest absolute Gasteiger partial charge is 0.320 e. The lowest BCUT2D eigenvalue weighted by Crippen LogP contribution is -2.39. The van der Waals surface area contributed by atoms with E-state index >= 15 is 0 Å². The normalized spacial score (nSPS) is 16.8. The molecule has 2 heterocycles. The number of halogens is 3. The number of alkyl halides is 3. The average Bonchev–Trinajstić information content (AvgIpc) is 3.09. The Kier molecular flexibility index (Phi) is 5.59. The van der Waals surface area contributed by atoms with Gasteiger partial charge < -0.3 is 4.57 Å². The van der Waals surface area contributed by atoms with Crippen LogP contribution in [0.4, 0.5) is 13.2 Å². The van der Waals surface area contributed by atoms with Gasteiger partial charge in [-0.15, -0.1) is 0 Å². The third-order valence-corrected chi connectivity index (χ3v) is 7.93. The number of para-hydroxylation sites is 2. The molecule has 1 saturated heterocycles. The van der Waals surface area contributed by atoms with Crippen LogP contribution >= 0.6 is 0 Å². The second-order valence-corrected chi connectivity index (χ2v) is 10.1. The summed E-state index contributed by atoms with van der Waals surface area (Å²) in [7, 11) is -3.62. The van der Waals surface area contributed by atoms with Crippen LogP contribution in [0, 0.1) is 19.8 Å². The summed E-state index contributed by atoms with van der Waals surface area (Å²) in [5, 5.41) is 0. The zero-order valence-corrected chi connectivity index (χ0v) is 18.2. The third-order valence-electron chi connectivity index (χ3n) is 6.04. The highest BCUT2D eigenvalue weighted by atomic mass is 32.2. The van der Waals surface area contributed by atoms with Crippen molar-refractivity contribution >= 4 is 21.1 Å². The van der Waals surface area contributed by atoms with Gasteiger partial charge in [0.25, 0.3) is 0 Å². The molecule has 2 aromatic carbocycles. The number of piperidine rings is 1. The van der Waals surface area contributed by atoms with Crippen molar-refractivity contribution in [3.05, 3.63) is 59.4 Å². The number of hydrogen-bond donors (Lipinski definition) is 0. The van der Waals surface area contributed by atoms with E-state index in [0.717, 1.165) is 11.1 Å². The zero-order chi connectivity index (χ0) is 22.4. The zero-order valence-electron chi connectivity index (χ0n) is 17.4. The Morgan fingerprint density at radius 1 is 1.03 bits per heavy atom. The van der Waals surface area contributed by atoms with E-state index in [9.17, 15) is 21.6 Å². The number of aromatic nitrogens is 2. The van der Waals surface area contributed by atoms with Gasteiger partial charge in [-0.25, -0.2) is 13.4 Å². The van der Waals surface area contributed by atoms with E-state index in [1.54, 1.807) is 42.5 Å². The molecule has 1 aliphatic rings. The first-order valence-electron chi connectivity index (χ1n) is 10.2. The number of sulfonamides is 1. The van der Waals surface area contributed by atoms with Crippen molar-refractivity contribution in [2.24, 2.45) is 5.92 Å². The van der Waals surface area contributed by atoms with Crippen LogP contribution < -0.4 is 0 Å². The summed E-state index contributed by atoms with van der Waals surface area (Å²) in [6.45, 7) is 4.52. The van der Waals surface area contributed by atoms with Crippen LogP contribution in [0.5, 0.6) is 0 Å². The molecule has 5 nitrogen and oxygen atoms in total. The predicted molar refractivity (Wildman–Crippen MR) is 112 cm³/mol. The van der Waals surface area contributed by atoms with Crippen LogP contribution in [0.2, 0.25) is 0 Å². The number of imidazole rings is 1. The predicted octanol–water partition coefficient (Wildman–Crippen LogP) is 4.77. The standard InChI is InChI=1S/C22H24F3N3O2S/c1-15-7-8-18(13-16(15)2)31(29,30)27-11-9-17(10-12-27)14-28-20-6-4-3-5-19(20)26-21(28)22(23,24)25/h3-8,13,17H,9-12,14H2,1-2H3. The Labute approximate surface area is 179 Å². The quantitative estimate of drug-likeness (QED) is 0.574. The van der Waals surface area contributed by atoms with Crippen molar-refractivity contribution in [1.29, 1.82) is 0 Å². The van der Waals surface area contributed by atoms with Gasteiger partial charge in [0.2, 0.25) is 15.8 Å². The summed E-state index contributed by atoms with van der Waals surface area (Å²) in [6, 6.07) is 11.6. The molecule has 0 saturated carbocycles. The summed E-state index contributed by atoms with van der Waals surface area (Å²) in [5.74, 6) is -0.969. The molecule has 0 unspecified atom stereocenters. The maximum atomic E-state index is 13.5. The highest BCUT2D eigenvalue weighted by Gasteiger charge is 2.38. The molecule has 0 atom stereocenters. The van der Waals surface area contributed by atoms with E-state index in [0.29, 0.717) is 23.9 Å². The Morgan fingerprint density at radius 3 is 2.35 bits per heavy atom. The average molecular weight is 452 g/mol. The molecule has 9 heteroatoms. The van der Waals surface area contributed by atoms with Crippen molar-refractivity contribution < 1.29 is 21.6 Å². The van der Waals surface area contributed by atoms with Gasteiger partial charge in [0.05, 0.1) is 15.9 Å². The molecule has 31 heavy (non-hydrogen) atoms. The van der Waals surface area contributed by atoms with Gasteiger partial charge >= 0.3 is 6.18 Å². The fourth-order valence-electron chi connectivity index (χ4n) is 4.09. The van der Waals surface area contributed by atoms with Gasteiger partial charge in [-0.1, -0.05) is 18.2 Å². The Hall–Kier alpha value is -2.39. The summed E-state index contributed by atoms with van der Waals surface area (Å²) >= 11 is 0. The molecule has 0 bridgehead atoms. The summed E-state index contributed by atoms with van der Waals surface area (Å²) in [4.78, 5) is 4.05. The molecule has 0 radical (unpaired) electrons. The van der Waals surface area contributed by atoms with Crippen molar-refractivity contribution in [1.82, 2.24) is 13.9 Å². The SMILES string of the molecule is Cc1ccc(S(=O)(=O)N2CCC(Cn3c(C(F)(F)F)nc4ccccc43)CC2)cc1C. The summed E-state index contributed by atoms with van der Waals surface area (Å²) < 4.78 is 69.3. The molecule has 166 valence electrons. The number of fused-ring (bicyclic) bond motifs is 1. The molecule has 4 rings (SSSR count). The van der Waals surface area contributed by atoms with Gasteiger partial charge in [-0.05, 0) is 68.0 Å². The molecule has 0 amide bonds. The number of benzene rings is 2. The second kappa shape index (κ2) is 7.94. The topological polar surface area (TPSA) is 55.2 Å². The third kappa shape index (κ3) is 4.21. The molecule has 0 N–H and O–H groups in total. The van der Waals surface area contributed by atoms with Crippen molar-refractivity contribution in [2.45, 2.75) is 44.3 Å². The Balaban J connectivity index is 1.52. The van der Waals surface area contributed by atoms with E-state index < -0.39 is 22.0 Å². The molecular formula is C22H24F3N3O2S. The van der Waals surface area contributed by atoms with Crippen molar-refractivity contribution in [3.63, 3.8) is 0 Å². The molecule has 1 fully saturated rings. The maximum absolute atomic E-state index is 13.5. The summed E-state index contributed by atoms with van der Waals surface area (Å²) in [6.07, 6.45) is -3.56. The minimum Gasteiger partial charge on any atom is -0.320 e. The van der Waals surface area contributed by atoms with E-state index in [-0.39, 0.29) is 30.4 Å². The van der Waals surface area contributed by atoms with Gasteiger partial charge in [-0.2, -0.15) is 17.5 Å². The molecule has 1 aliphatic heterocycles. The largest absolute Gasteiger partial charge is 0.449 e. The lowest BCUT2D eigenvalue weighted by Gasteiger charge is -2.32. The van der Waals surface area contributed by atoms with Crippen LogP contribution in [0.3, 0.4) is 0 Å². The fraction of sp³-hybridized carbons (Fsp3) is 0.409.